The van der Waals surface area contributed by atoms with E-state index in [1.165, 1.54) is 11.0 Å². The number of rotatable bonds is 2. The number of carbonyl (C=O) groups excluding carboxylic acids is 1. The predicted molar refractivity (Wildman–Crippen MR) is 66.2 cm³/mol. The standard InChI is InChI=1S/C11H19N5O2/c1-4-11(2)7-16(5-6-18-11)10(17)14-9-12-8-13-15(9)3/h8H,4-7H2,1-3H3,(H,12,13,14,17). The molecule has 1 unspecified atom stereocenters. The third-order valence-electron chi connectivity index (χ3n) is 3.30. The Morgan fingerprint density at radius 3 is 3.06 bits per heavy atom. The molecule has 7 heteroatoms. The van der Waals surface area contributed by atoms with E-state index in [1.807, 2.05) is 6.92 Å². The van der Waals surface area contributed by atoms with Crippen molar-refractivity contribution in [1.82, 2.24) is 19.7 Å². The average molecular weight is 253 g/mol. The van der Waals surface area contributed by atoms with Crippen LogP contribution in [0.3, 0.4) is 0 Å². The fraction of sp³-hybridized carbons (Fsp3) is 0.727. The first-order valence-electron chi connectivity index (χ1n) is 6.08. The van der Waals surface area contributed by atoms with E-state index in [1.54, 1.807) is 11.9 Å². The van der Waals surface area contributed by atoms with Crippen LogP contribution in [0.25, 0.3) is 0 Å². The van der Waals surface area contributed by atoms with Gasteiger partial charge in [0.05, 0.1) is 18.8 Å². The Balaban J connectivity index is 1.99. The number of aryl methyl sites for hydroxylation is 1. The van der Waals surface area contributed by atoms with Crippen LogP contribution in [0.4, 0.5) is 10.7 Å². The van der Waals surface area contributed by atoms with Crippen molar-refractivity contribution in [3.05, 3.63) is 6.33 Å². The first kappa shape index (κ1) is 12.8. The lowest BCUT2D eigenvalue weighted by Crippen LogP contribution is -2.53. The number of aromatic nitrogens is 3. The second-order valence-electron chi connectivity index (χ2n) is 4.71. The molecule has 1 aromatic rings. The van der Waals surface area contributed by atoms with Crippen molar-refractivity contribution in [3.8, 4) is 0 Å². The molecular weight excluding hydrogens is 234 g/mol. The van der Waals surface area contributed by atoms with Crippen molar-refractivity contribution >= 4 is 12.0 Å². The molecule has 2 heterocycles. The molecule has 0 aromatic carbocycles. The molecule has 0 radical (unpaired) electrons. The van der Waals surface area contributed by atoms with Crippen LogP contribution in [0.5, 0.6) is 0 Å². The minimum atomic E-state index is -0.254. The Bertz CT molecular complexity index is 433. The normalized spacial score (nSPS) is 24.1. The molecule has 1 saturated heterocycles. The van der Waals surface area contributed by atoms with Gasteiger partial charge in [0.15, 0.2) is 0 Å². The highest BCUT2D eigenvalue weighted by Crippen LogP contribution is 2.21. The topological polar surface area (TPSA) is 72.3 Å². The Labute approximate surface area is 106 Å². The quantitative estimate of drug-likeness (QED) is 0.848. The SMILES string of the molecule is CCC1(C)CN(C(=O)Nc2ncnn2C)CCO1. The zero-order valence-corrected chi connectivity index (χ0v) is 11.0. The van der Waals surface area contributed by atoms with Gasteiger partial charge in [0.25, 0.3) is 0 Å². The summed E-state index contributed by atoms with van der Waals surface area (Å²) in [5.74, 6) is 0.449. The smallest absolute Gasteiger partial charge is 0.324 e. The molecule has 1 fully saturated rings. The number of hydrogen-bond acceptors (Lipinski definition) is 4. The summed E-state index contributed by atoms with van der Waals surface area (Å²) in [6, 6.07) is -0.158. The lowest BCUT2D eigenvalue weighted by Gasteiger charge is -2.39. The summed E-state index contributed by atoms with van der Waals surface area (Å²) in [6.45, 7) is 5.84. The fourth-order valence-electron chi connectivity index (χ4n) is 1.90. The van der Waals surface area contributed by atoms with Gasteiger partial charge in [0, 0.05) is 13.6 Å². The third-order valence-corrected chi connectivity index (χ3v) is 3.30. The third kappa shape index (κ3) is 2.61. The second kappa shape index (κ2) is 4.93. The van der Waals surface area contributed by atoms with Crippen LogP contribution in [0.2, 0.25) is 0 Å². The first-order valence-corrected chi connectivity index (χ1v) is 6.08. The number of nitrogens with zero attached hydrogens (tertiary/aromatic N) is 4. The molecule has 100 valence electrons. The van der Waals surface area contributed by atoms with Crippen LogP contribution in [0.1, 0.15) is 20.3 Å². The number of hydrogen-bond donors (Lipinski definition) is 1. The van der Waals surface area contributed by atoms with Gasteiger partial charge >= 0.3 is 6.03 Å². The molecule has 0 saturated carbocycles. The van der Waals surface area contributed by atoms with Crippen molar-refractivity contribution in [1.29, 1.82) is 0 Å². The number of morpholine rings is 1. The molecular formula is C11H19N5O2. The van der Waals surface area contributed by atoms with Crippen LogP contribution in [0.15, 0.2) is 6.33 Å². The van der Waals surface area contributed by atoms with E-state index in [9.17, 15) is 4.79 Å². The van der Waals surface area contributed by atoms with Gasteiger partial charge in [-0.3, -0.25) is 5.32 Å². The summed E-state index contributed by atoms with van der Waals surface area (Å²) in [6.07, 6.45) is 2.28. The number of nitrogens with one attached hydrogen (secondary N) is 1. The van der Waals surface area contributed by atoms with E-state index in [0.29, 0.717) is 25.6 Å². The molecule has 0 bridgehead atoms. The summed E-state index contributed by atoms with van der Waals surface area (Å²) < 4.78 is 7.22. The highest BCUT2D eigenvalue weighted by molar-refractivity contribution is 5.87. The van der Waals surface area contributed by atoms with Gasteiger partial charge < -0.3 is 9.64 Å². The molecule has 0 spiro atoms. The Morgan fingerprint density at radius 1 is 1.67 bits per heavy atom. The number of carbonyl (C=O) groups is 1. The summed E-state index contributed by atoms with van der Waals surface area (Å²) >= 11 is 0. The van der Waals surface area contributed by atoms with Crippen LogP contribution >= 0.6 is 0 Å². The van der Waals surface area contributed by atoms with Crippen molar-refractivity contribution in [2.45, 2.75) is 25.9 Å². The van der Waals surface area contributed by atoms with Gasteiger partial charge in [0.1, 0.15) is 6.33 Å². The molecule has 0 aliphatic carbocycles. The highest BCUT2D eigenvalue weighted by Gasteiger charge is 2.32. The van der Waals surface area contributed by atoms with E-state index in [0.717, 1.165) is 6.42 Å². The maximum absolute atomic E-state index is 12.1. The number of urea groups is 1. The van der Waals surface area contributed by atoms with Crippen molar-refractivity contribution in [2.75, 3.05) is 25.0 Å². The molecule has 1 aromatic heterocycles. The number of anilines is 1. The van der Waals surface area contributed by atoms with Crippen LogP contribution in [0, 0.1) is 0 Å². The Morgan fingerprint density at radius 2 is 2.44 bits per heavy atom. The maximum atomic E-state index is 12.1. The largest absolute Gasteiger partial charge is 0.372 e. The predicted octanol–water partition coefficient (Wildman–Crippen LogP) is 0.848. The molecule has 2 amide bonds. The Kier molecular flexibility index (Phi) is 3.51. The van der Waals surface area contributed by atoms with Crippen LogP contribution < -0.4 is 5.32 Å². The van der Waals surface area contributed by atoms with Gasteiger partial charge in [-0.1, -0.05) is 6.92 Å². The number of ether oxygens (including phenoxy) is 1. The van der Waals surface area contributed by atoms with Gasteiger partial charge in [-0.05, 0) is 13.3 Å². The van der Waals surface area contributed by atoms with E-state index >= 15 is 0 Å². The van der Waals surface area contributed by atoms with Crippen LogP contribution in [-0.4, -0.2) is 51.0 Å². The van der Waals surface area contributed by atoms with E-state index in [-0.39, 0.29) is 11.6 Å². The molecule has 7 nitrogen and oxygen atoms in total. The molecule has 1 aliphatic heterocycles. The summed E-state index contributed by atoms with van der Waals surface area (Å²) in [7, 11) is 1.73. The molecule has 2 rings (SSSR count). The molecule has 18 heavy (non-hydrogen) atoms. The molecule has 1 N–H and O–H groups in total. The Hall–Kier alpha value is -1.63. The van der Waals surface area contributed by atoms with Gasteiger partial charge in [-0.25, -0.2) is 9.48 Å². The fourth-order valence-corrected chi connectivity index (χ4v) is 1.90. The zero-order chi connectivity index (χ0) is 13.2. The lowest BCUT2D eigenvalue weighted by atomic mass is 10.0. The minimum Gasteiger partial charge on any atom is -0.372 e. The second-order valence-corrected chi connectivity index (χ2v) is 4.71. The van der Waals surface area contributed by atoms with E-state index < -0.39 is 0 Å². The van der Waals surface area contributed by atoms with Gasteiger partial charge in [-0.15, -0.1) is 0 Å². The van der Waals surface area contributed by atoms with Crippen molar-refractivity contribution in [2.24, 2.45) is 7.05 Å². The summed E-state index contributed by atoms with van der Waals surface area (Å²) in [5.41, 5.74) is -0.254. The maximum Gasteiger partial charge on any atom is 0.324 e. The van der Waals surface area contributed by atoms with Crippen molar-refractivity contribution < 1.29 is 9.53 Å². The summed E-state index contributed by atoms with van der Waals surface area (Å²) in [5, 5.41) is 6.65. The van der Waals surface area contributed by atoms with Crippen molar-refractivity contribution in [3.63, 3.8) is 0 Å². The summed E-state index contributed by atoms with van der Waals surface area (Å²) in [4.78, 5) is 17.8. The van der Waals surface area contributed by atoms with Crippen LogP contribution in [-0.2, 0) is 11.8 Å². The van der Waals surface area contributed by atoms with E-state index in [4.69, 9.17) is 4.74 Å². The molecule has 1 aliphatic rings. The highest BCUT2D eigenvalue weighted by atomic mass is 16.5. The molecule has 1 atom stereocenters. The average Bonchev–Trinajstić information content (AvgIpc) is 2.75. The first-order chi connectivity index (χ1) is 8.54. The van der Waals surface area contributed by atoms with Gasteiger partial charge in [0.2, 0.25) is 5.95 Å². The minimum absolute atomic E-state index is 0.158. The zero-order valence-electron chi connectivity index (χ0n) is 11.0. The lowest BCUT2D eigenvalue weighted by molar-refractivity contribution is -0.0861. The van der Waals surface area contributed by atoms with E-state index in [2.05, 4.69) is 22.3 Å². The monoisotopic (exact) mass is 253 g/mol. The van der Waals surface area contributed by atoms with Gasteiger partial charge in [-0.2, -0.15) is 10.1 Å². The number of amides is 2.